The first-order valence-electron chi connectivity index (χ1n) is 5.34. The van der Waals surface area contributed by atoms with Crippen LogP contribution in [-0.4, -0.2) is 17.8 Å². The minimum absolute atomic E-state index is 0.168. The number of nitrogen functional groups attached to an aromatic ring is 1. The molecule has 0 saturated carbocycles. The number of hydrogen-bond acceptors (Lipinski definition) is 2. The number of carbonyl (C=O) groups excluding carboxylic acids is 1. The molecule has 2 N–H and O–H groups in total. The molecule has 0 spiro atoms. The first kappa shape index (κ1) is 11.5. The highest BCUT2D eigenvalue weighted by atomic mass is 79.9. The van der Waals surface area contributed by atoms with Crippen molar-refractivity contribution in [2.45, 2.75) is 13.3 Å². The Morgan fingerprint density at radius 3 is 2.94 bits per heavy atom. The average molecular weight is 283 g/mol. The molecular weight excluding hydrogens is 268 g/mol. The number of rotatable bonds is 2. The van der Waals surface area contributed by atoms with E-state index in [1.165, 1.54) is 0 Å². The fraction of sp³-hybridized carbons (Fsp3) is 0.417. The van der Waals surface area contributed by atoms with E-state index in [9.17, 15) is 4.79 Å². The molecule has 1 fully saturated rings. The highest BCUT2D eigenvalue weighted by Crippen LogP contribution is 2.31. The van der Waals surface area contributed by atoms with Gasteiger partial charge in [-0.3, -0.25) is 4.79 Å². The summed E-state index contributed by atoms with van der Waals surface area (Å²) in [6.07, 6.45) is 0.610. The van der Waals surface area contributed by atoms with E-state index in [-0.39, 0.29) is 5.91 Å². The Bertz CT molecular complexity index is 419. The van der Waals surface area contributed by atoms with Crippen molar-refractivity contribution in [2.24, 2.45) is 5.92 Å². The van der Waals surface area contributed by atoms with Crippen LogP contribution in [-0.2, 0) is 4.79 Å². The lowest BCUT2D eigenvalue weighted by Crippen LogP contribution is -2.25. The van der Waals surface area contributed by atoms with Crippen LogP contribution in [0.25, 0.3) is 0 Å². The predicted molar refractivity (Wildman–Crippen MR) is 69.8 cm³/mol. The molecule has 4 heteroatoms. The molecule has 1 heterocycles. The zero-order valence-corrected chi connectivity index (χ0v) is 10.8. The molecule has 1 amide bonds. The summed E-state index contributed by atoms with van der Waals surface area (Å²) < 4.78 is 0. The largest absolute Gasteiger partial charge is 0.397 e. The van der Waals surface area contributed by atoms with Gasteiger partial charge >= 0.3 is 0 Å². The summed E-state index contributed by atoms with van der Waals surface area (Å²) in [4.78, 5) is 13.7. The van der Waals surface area contributed by atoms with Crippen molar-refractivity contribution in [3.8, 4) is 0 Å². The van der Waals surface area contributed by atoms with Crippen LogP contribution in [0, 0.1) is 12.8 Å². The number of amides is 1. The number of hydrogen-bond donors (Lipinski definition) is 1. The Morgan fingerprint density at radius 1 is 1.56 bits per heavy atom. The maximum absolute atomic E-state index is 11.9. The van der Waals surface area contributed by atoms with E-state index >= 15 is 0 Å². The topological polar surface area (TPSA) is 46.3 Å². The van der Waals surface area contributed by atoms with E-state index < -0.39 is 0 Å². The van der Waals surface area contributed by atoms with Gasteiger partial charge in [0.25, 0.3) is 0 Å². The Morgan fingerprint density at radius 2 is 2.31 bits per heavy atom. The molecule has 1 aliphatic heterocycles. The van der Waals surface area contributed by atoms with Crippen molar-refractivity contribution in [1.82, 2.24) is 0 Å². The SMILES string of the molecule is Cc1ccc(N)c(N2CC(CBr)CC2=O)c1. The summed E-state index contributed by atoms with van der Waals surface area (Å²) >= 11 is 3.43. The van der Waals surface area contributed by atoms with Gasteiger partial charge in [-0.1, -0.05) is 22.0 Å². The van der Waals surface area contributed by atoms with Crippen LogP contribution in [0.3, 0.4) is 0 Å². The smallest absolute Gasteiger partial charge is 0.227 e. The minimum atomic E-state index is 0.168. The van der Waals surface area contributed by atoms with Gasteiger partial charge in [0, 0.05) is 18.3 Å². The highest BCUT2D eigenvalue weighted by Gasteiger charge is 2.30. The predicted octanol–water partition coefficient (Wildman–Crippen LogP) is 2.33. The molecule has 0 bridgehead atoms. The summed E-state index contributed by atoms with van der Waals surface area (Å²) in [6.45, 7) is 2.77. The molecule has 1 aromatic rings. The van der Waals surface area contributed by atoms with Crippen LogP contribution >= 0.6 is 15.9 Å². The third kappa shape index (κ3) is 2.07. The van der Waals surface area contributed by atoms with Crippen molar-refractivity contribution in [3.63, 3.8) is 0 Å². The van der Waals surface area contributed by atoms with Gasteiger partial charge in [-0.2, -0.15) is 0 Å². The van der Waals surface area contributed by atoms with Crippen molar-refractivity contribution < 1.29 is 4.79 Å². The molecule has 0 radical (unpaired) electrons. The molecule has 0 aromatic heterocycles. The van der Waals surface area contributed by atoms with Gasteiger partial charge in [-0.25, -0.2) is 0 Å². The molecular formula is C12H15BrN2O. The molecule has 3 nitrogen and oxygen atoms in total. The number of nitrogens with zero attached hydrogens (tertiary/aromatic N) is 1. The number of anilines is 2. The fourth-order valence-corrected chi connectivity index (χ4v) is 2.44. The van der Waals surface area contributed by atoms with E-state index in [0.717, 1.165) is 23.1 Å². The molecule has 16 heavy (non-hydrogen) atoms. The number of aryl methyl sites for hydroxylation is 1. The number of alkyl halides is 1. The van der Waals surface area contributed by atoms with Crippen LogP contribution < -0.4 is 10.6 Å². The third-order valence-corrected chi connectivity index (χ3v) is 3.82. The summed E-state index contributed by atoms with van der Waals surface area (Å²) in [5, 5.41) is 0.862. The summed E-state index contributed by atoms with van der Waals surface area (Å²) in [5.41, 5.74) is 8.57. The zero-order chi connectivity index (χ0) is 11.7. The molecule has 2 rings (SSSR count). The first-order valence-corrected chi connectivity index (χ1v) is 6.46. The second-order valence-electron chi connectivity index (χ2n) is 4.29. The van der Waals surface area contributed by atoms with Crippen molar-refractivity contribution in [3.05, 3.63) is 23.8 Å². The van der Waals surface area contributed by atoms with Crippen LogP contribution in [0.1, 0.15) is 12.0 Å². The summed E-state index contributed by atoms with van der Waals surface area (Å²) in [7, 11) is 0. The Kier molecular flexibility index (Phi) is 3.19. The highest BCUT2D eigenvalue weighted by molar-refractivity contribution is 9.09. The molecule has 1 aromatic carbocycles. The monoisotopic (exact) mass is 282 g/mol. The molecule has 1 saturated heterocycles. The summed E-state index contributed by atoms with van der Waals surface area (Å²) in [6, 6.07) is 5.80. The quantitative estimate of drug-likeness (QED) is 0.669. The van der Waals surface area contributed by atoms with Crippen molar-refractivity contribution in [2.75, 3.05) is 22.5 Å². The molecule has 0 aliphatic carbocycles. The standard InChI is InChI=1S/C12H15BrN2O/c1-8-2-3-10(14)11(4-8)15-7-9(6-13)5-12(15)16/h2-4,9H,5-7,14H2,1H3. The second kappa shape index (κ2) is 4.45. The van der Waals surface area contributed by atoms with Crippen molar-refractivity contribution >= 4 is 33.2 Å². The van der Waals surface area contributed by atoms with Gasteiger partial charge in [0.1, 0.15) is 0 Å². The van der Waals surface area contributed by atoms with Gasteiger partial charge in [-0.15, -0.1) is 0 Å². The van der Waals surface area contributed by atoms with Crippen LogP contribution in [0.15, 0.2) is 18.2 Å². The molecule has 1 unspecified atom stereocenters. The van der Waals surface area contributed by atoms with Gasteiger partial charge in [0.2, 0.25) is 5.91 Å². The Hall–Kier alpha value is -1.03. The van der Waals surface area contributed by atoms with Gasteiger partial charge < -0.3 is 10.6 Å². The maximum atomic E-state index is 11.9. The van der Waals surface area contributed by atoms with Gasteiger partial charge in [0.05, 0.1) is 11.4 Å². The molecule has 1 atom stereocenters. The fourth-order valence-electron chi connectivity index (χ4n) is 2.01. The lowest BCUT2D eigenvalue weighted by Gasteiger charge is -2.19. The molecule has 86 valence electrons. The zero-order valence-electron chi connectivity index (χ0n) is 9.24. The van der Waals surface area contributed by atoms with E-state index in [0.29, 0.717) is 18.0 Å². The average Bonchev–Trinajstić information content (AvgIpc) is 2.63. The normalized spacial score (nSPS) is 20.5. The lowest BCUT2D eigenvalue weighted by molar-refractivity contribution is -0.117. The van der Waals surface area contributed by atoms with E-state index in [1.54, 1.807) is 4.90 Å². The number of benzene rings is 1. The number of carbonyl (C=O) groups is 1. The van der Waals surface area contributed by atoms with Crippen LogP contribution in [0.4, 0.5) is 11.4 Å². The third-order valence-electron chi connectivity index (χ3n) is 2.90. The maximum Gasteiger partial charge on any atom is 0.227 e. The second-order valence-corrected chi connectivity index (χ2v) is 4.94. The minimum Gasteiger partial charge on any atom is -0.397 e. The molecule has 1 aliphatic rings. The van der Waals surface area contributed by atoms with Crippen LogP contribution in [0.5, 0.6) is 0 Å². The van der Waals surface area contributed by atoms with Gasteiger partial charge in [0.15, 0.2) is 0 Å². The van der Waals surface area contributed by atoms with E-state index in [4.69, 9.17) is 5.73 Å². The Labute approximate surface area is 104 Å². The van der Waals surface area contributed by atoms with Crippen molar-refractivity contribution in [1.29, 1.82) is 0 Å². The number of nitrogens with two attached hydrogens (primary N) is 1. The van der Waals surface area contributed by atoms with Crippen LogP contribution in [0.2, 0.25) is 0 Å². The van der Waals surface area contributed by atoms with E-state index in [2.05, 4.69) is 15.9 Å². The lowest BCUT2D eigenvalue weighted by atomic mass is 10.1. The first-order chi connectivity index (χ1) is 7.61. The number of halogens is 1. The van der Waals surface area contributed by atoms with Gasteiger partial charge in [-0.05, 0) is 30.5 Å². The van der Waals surface area contributed by atoms with E-state index in [1.807, 2.05) is 25.1 Å². The Balaban J connectivity index is 2.30. The summed E-state index contributed by atoms with van der Waals surface area (Å²) in [5.74, 6) is 0.564.